The number of alkyl halides is 3. The van der Waals surface area contributed by atoms with Gasteiger partial charge in [0.25, 0.3) is 0 Å². The molecular weight excluding hydrogens is 484 g/mol. The first-order chi connectivity index (χ1) is 17.1. The lowest BCUT2D eigenvalue weighted by molar-refractivity contribution is -0.184. The van der Waals surface area contributed by atoms with Crippen LogP contribution in [0.15, 0.2) is 42.6 Å². The number of aromatic nitrogens is 4. The van der Waals surface area contributed by atoms with Gasteiger partial charge >= 0.3 is 12.3 Å². The number of ether oxygens (including phenoxy) is 1. The fourth-order valence-electron chi connectivity index (χ4n) is 4.61. The number of methoxy groups -OCH3 is 1. The molecule has 3 aromatic heterocycles. The van der Waals surface area contributed by atoms with Gasteiger partial charge in [0.1, 0.15) is 28.8 Å². The van der Waals surface area contributed by atoms with Gasteiger partial charge < -0.3 is 15.2 Å². The number of benzene rings is 1. The second-order valence-electron chi connectivity index (χ2n) is 8.46. The van der Waals surface area contributed by atoms with Crippen molar-refractivity contribution in [1.29, 1.82) is 0 Å². The van der Waals surface area contributed by atoms with Crippen molar-refractivity contribution in [2.24, 2.45) is 0 Å². The van der Waals surface area contributed by atoms with E-state index >= 15 is 0 Å². The average Bonchev–Trinajstić information content (AvgIpc) is 3.43. The molecule has 36 heavy (non-hydrogen) atoms. The lowest BCUT2D eigenvalue weighted by atomic mass is 10.1. The summed E-state index contributed by atoms with van der Waals surface area (Å²) in [6.45, 7) is -0.00306. The lowest BCUT2D eigenvalue weighted by Gasteiger charge is -2.30. The van der Waals surface area contributed by atoms with Crippen LogP contribution in [0.2, 0.25) is 0 Å². The van der Waals surface area contributed by atoms with Gasteiger partial charge in [0, 0.05) is 36.8 Å². The molecule has 1 saturated heterocycles. The fourth-order valence-corrected chi connectivity index (χ4v) is 4.61. The zero-order valence-corrected chi connectivity index (χ0v) is 18.8. The summed E-state index contributed by atoms with van der Waals surface area (Å²) < 4.78 is 63.1. The van der Waals surface area contributed by atoms with Gasteiger partial charge in [-0.15, -0.1) is 10.2 Å². The Morgan fingerprint density at radius 3 is 2.75 bits per heavy atom. The van der Waals surface area contributed by atoms with E-state index in [9.17, 15) is 22.4 Å². The standard InChI is InChI=1S/C23H20F4N6O3/c1-36-17-9-14(24)8-12-2-4-16(29-19(12)17)21-31-30-18-5-3-13(10-33(18)21)20(23(25,26)27)32-7-6-15(11-32)28-22(34)35/h2-5,8-10,15,20,28H,6-7,11H2,1H3,(H,34,35)/t15?,20-/m1/s1. The van der Waals surface area contributed by atoms with Crippen molar-refractivity contribution < 1.29 is 32.2 Å². The minimum absolute atomic E-state index is 0.0486. The molecule has 0 saturated carbocycles. The maximum atomic E-state index is 14.2. The number of nitrogens with one attached hydrogen (secondary N) is 1. The molecule has 1 aliphatic rings. The Kier molecular flexibility index (Phi) is 5.86. The first kappa shape index (κ1) is 23.7. The van der Waals surface area contributed by atoms with Crippen molar-refractivity contribution >= 4 is 22.6 Å². The predicted octanol–water partition coefficient (Wildman–Crippen LogP) is 4.04. The quantitative estimate of drug-likeness (QED) is 0.396. The highest BCUT2D eigenvalue weighted by Crippen LogP contribution is 2.40. The summed E-state index contributed by atoms with van der Waals surface area (Å²) in [5.74, 6) is -0.0858. The number of fused-ring (bicyclic) bond motifs is 2. The van der Waals surface area contributed by atoms with Crippen LogP contribution in [0, 0.1) is 5.82 Å². The molecule has 1 amide bonds. The van der Waals surface area contributed by atoms with Crippen LogP contribution in [0.3, 0.4) is 0 Å². The number of amides is 1. The van der Waals surface area contributed by atoms with Gasteiger partial charge in [0.15, 0.2) is 11.5 Å². The largest absolute Gasteiger partial charge is 0.494 e. The molecule has 1 aromatic carbocycles. The second-order valence-corrected chi connectivity index (χ2v) is 8.46. The van der Waals surface area contributed by atoms with Crippen molar-refractivity contribution in [2.75, 3.05) is 20.2 Å². The molecule has 2 atom stereocenters. The van der Waals surface area contributed by atoms with E-state index in [-0.39, 0.29) is 36.6 Å². The van der Waals surface area contributed by atoms with Crippen LogP contribution < -0.4 is 10.1 Å². The third-order valence-electron chi connectivity index (χ3n) is 6.13. The Balaban J connectivity index is 1.56. The van der Waals surface area contributed by atoms with Gasteiger partial charge in [-0.2, -0.15) is 13.2 Å². The minimum Gasteiger partial charge on any atom is -0.494 e. The molecule has 2 N–H and O–H groups in total. The zero-order chi connectivity index (χ0) is 25.6. The van der Waals surface area contributed by atoms with Gasteiger partial charge in [-0.1, -0.05) is 12.1 Å². The molecule has 13 heteroatoms. The van der Waals surface area contributed by atoms with Crippen LogP contribution in [0.1, 0.15) is 18.0 Å². The third kappa shape index (κ3) is 4.37. The van der Waals surface area contributed by atoms with E-state index in [1.807, 2.05) is 0 Å². The van der Waals surface area contributed by atoms with Gasteiger partial charge in [0.05, 0.1) is 7.11 Å². The molecule has 4 heterocycles. The molecule has 5 rings (SSSR count). The van der Waals surface area contributed by atoms with Crippen LogP contribution in [-0.2, 0) is 0 Å². The zero-order valence-electron chi connectivity index (χ0n) is 18.8. The Hall–Kier alpha value is -4.00. The van der Waals surface area contributed by atoms with E-state index in [0.717, 1.165) is 0 Å². The van der Waals surface area contributed by atoms with Crippen molar-refractivity contribution in [3.8, 4) is 17.3 Å². The molecule has 0 bridgehead atoms. The Morgan fingerprint density at radius 2 is 2.03 bits per heavy atom. The topological polar surface area (TPSA) is 105 Å². The summed E-state index contributed by atoms with van der Waals surface area (Å²) in [5, 5.41) is 19.8. The van der Waals surface area contributed by atoms with E-state index < -0.39 is 30.2 Å². The molecule has 188 valence electrons. The van der Waals surface area contributed by atoms with E-state index in [4.69, 9.17) is 9.84 Å². The number of hydrogen-bond donors (Lipinski definition) is 2. The average molecular weight is 504 g/mol. The highest BCUT2D eigenvalue weighted by atomic mass is 19.4. The first-order valence-corrected chi connectivity index (χ1v) is 10.9. The molecule has 0 radical (unpaired) electrons. The summed E-state index contributed by atoms with van der Waals surface area (Å²) in [5.41, 5.74) is 0.945. The molecular formula is C23H20F4N6O3. The molecule has 9 nitrogen and oxygen atoms in total. The van der Waals surface area contributed by atoms with E-state index in [2.05, 4.69) is 20.5 Å². The fraction of sp³-hybridized carbons (Fsp3) is 0.304. The molecule has 1 fully saturated rings. The number of halogens is 4. The smallest absolute Gasteiger partial charge is 0.408 e. The SMILES string of the molecule is COc1cc(F)cc2ccc(-c3nnc4ccc([C@@H](N5CCC(NC(=O)O)C5)C(F)(F)F)cn34)nc12. The summed E-state index contributed by atoms with van der Waals surface area (Å²) >= 11 is 0. The normalized spacial score (nSPS) is 17.5. The third-order valence-corrected chi connectivity index (χ3v) is 6.13. The maximum Gasteiger partial charge on any atom is 0.408 e. The summed E-state index contributed by atoms with van der Waals surface area (Å²) in [6.07, 6.45) is -4.31. The van der Waals surface area contributed by atoms with Crippen molar-refractivity contribution in [1.82, 2.24) is 29.8 Å². The van der Waals surface area contributed by atoms with Crippen LogP contribution in [0.25, 0.3) is 28.1 Å². The number of likely N-dealkylation sites (tertiary alicyclic amines) is 1. The van der Waals surface area contributed by atoms with Gasteiger partial charge in [-0.25, -0.2) is 14.2 Å². The molecule has 4 aromatic rings. The number of pyridine rings is 2. The van der Waals surface area contributed by atoms with Crippen LogP contribution in [-0.4, -0.2) is 68.1 Å². The number of carbonyl (C=O) groups is 1. The summed E-state index contributed by atoms with van der Waals surface area (Å²) in [4.78, 5) is 16.6. The number of nitrogens with zero attached hydrogens (tertiary/aromatic N) is 5. The Morgan fingerprint density at radius 1 is 1.22 bits per heavy atom. The molecule has 0 spiro atoms. The van der Waals surface area contributed by atoms with Gasteiger partial charge in [-0.3, -0.25) is 9.30 Å². The Bertz CT molecular complexity index is 1460. The van der Waals surface area contributed by atoms with Crippen LogP contribution in [0.4, 0.5) is 22.4 Å². The Labute approximate surface area is 201 Å². The molecule has 0 aliphatic carbocycles. The van der Waals surface area contributed by atoms with E-state index in [1.54, 1.807) is 12.1 Å². The number of hydrogen-bond acceptors (Lipinski definition) is 6. The van der Waals surface area contributed by atoms with Gasteiger partial charge in [-0.05, 0) is 30.2 Å². The number of rotatable bonds is 5. The second kappa shape index (κ2) is 8.90. The first-order valence-electron chi connectivity index (χ1n) is 10.9. The maximum absolute atomic E-state index is 14.2. The molecule has 1 aliphatic heterocycles. The van der Waals surface area contributed by atoms with Crippen molar-refractivity contribution in [3.05, 3.63) is 54.0 Å². The summed E-state index contributed by atoms with van der Waals surface area (Å²) in [6, 6.07) is 5.91. The van der Waals surface area contributed by atoms with Crippen LogP contribution >= 0.6 is 0 Å². The van der Waals surface area contributed by atoms with E-state index in [1.165, 1.54) is 46.9 Å². The highest BCUT2D eigenvalue weighted by Gasteiger charge is 2.47. The summed E-state index contributed by atoms with van der Waals surface area (Å²) in [7, 11) is 1.38. The lowest BCUT2D eigenvalue weighted by Crippen LogP contribution is -2.40. The minimum atomic E-state index is -4.61. The monoisotopic (exact) mass is 504 g/mol. The molecule has 1 unspecified atom stereocenters. The number of carboxylic acid groups (broad SMARTS) is 1. The van der Waals surface area contributed by atoms with Crippen molar-refractivity contribution in [3.63, 3.8) is 0 Å². The van der Waals surface area contributed by atoms with Gasteiger partial charge in [0.2, 0.25) is 0 Å². The van der Waals surface area contributed by atoms with Crippen molar-refractivity contribution in [2.45, 2.75) is 24.7 Å². The highest BCUT2D eigenvalue weighted by molar-refractivity contribution is 5.86. The predicted molar refractivity (Wildman–Crippen MR) is 120 cm³/mol. The van der Waals surface area contributed by atoms with E-state index in [0.29, 0.717) is 22.2 Å². The van der Waals surface area contributed by atoms with Crippen LogP contribution in [0.5, 0.6) is 5.75 Å².